The summed E-state index contributed by atoms with van der Waals surface area (Å²) in [7, 11) is 1.90. The third-order valence-electron chi connectivity index (χ3n) is 4.77. The Morgan fingerprint density at radius 1 is 1.00 bits per heavy atom. The first kappa shape index (κ1) is 23.2. The van der Waals surface area contributed by atoms with E-state index in [1.807, 2.05) is 42.3 Å². The lowest BCUT2D eigenvalue weighted by molar-refractivity contribution is -0.131. The van der Waals surface area contributed by atoms with E-state index in [9.17, 15) is 4.79 Å². The van der Waals surface area contributed by atoms with Crippen LogP contribution in [0.1, 0.15) is 12.0 Å². The molecule has 3 rings (SSSR count). The van der Waals surface area contributed by atoms with Gasteiger partial charge in [-0.2, -0.15) is 8.42 Å². The van der Waals surface area contributed by atoms with Gasteiger partial charge in [0.05, 0.1) is 10.0 Å². The van der Waals surface area contributed by atoms with Crippen LogP contribution >= 0.6 is 23.2 Å². The predicted molar refractivity (Wildman–Crippen MR) is 118 cm³/mol. The second-order valence-electron chi connectivity index (χ2n) is 6.48. The Morgan fingerprint density at radius 3 is 2.17 bits per heavy atom. The average molecular weight is 456 g/mol. The third kappa shape index (κ3) is 7.03. The molecule has 6 nitrogen and oxygen atoms in total. The minimum atomic E-state index is -0.750. The fourth-order valence-corrected chi connectivity index (χ4v) is 3.44. The third-order valence-corrected chi connectivity index (χ3v) is 5.51. The molecule has 0 aliphatic carbocycles. The molecule has 0 radical (unpaired) electrons. The van der Waals surface area contributed by atoms with E-state index in [1.54, 1.807) is 0 Å². The number of benzene rings is 2. The van der Waals surface area contributed by atoms with Gasteiger partial charge >= 0.3 is 11.6 Å². The summed E-state index contributed by atoms with van der Waals surface area (Å²) in [5, 5.41) is 4.22. The summed E-state index contributed by atoms with van der Waals surface area (Å²) in [4.78, 5) is 16.7. The van der Waals surface area contributed by atoms with Gasteiger partial charge in [0.2, 0.25) is 5.91 Å². The topological polar surface area (TPSA) is 69.7 Å². The molecule has 1 aliphatic heterocycles. The van der Waals surface area contributed by atoms with Crippen LogP contribution in [-0.4, -0.2) is 52.5 Å². The van der Waals surface area contributed by atoms with Gasteiger partial charge in [0.1, 0.15) is 0 Å². The number of carbonyl (C=O) groups is 1. The Hall–Kier alpha value is -2.09. The van der Waals surface area contributed by atoms with E-state index in [0.717, 1.165) is 44.0 Å². The fraction of sp³-hybridized carbons (Fsp3) is 0.350. The zero-order valence-corrected chi connectivity index (χ0v) is 18.4. The average Bonchev–Trinajstić information content (AvgIpc) is 2.75. The Bertz CT molecular complexity index is 851. The summed E-state index contributed by atoms with van der Waals surface area (Å²) in [5.74, 6) is 0.219. The van der Waals surface area contributed by atoms with Crippen molar-refractivity contribution in [1.82, 2.24) is 4.90 Å². The maximum atomic E-state index is 12.5. The number of hydrogen-bond donors (Lipinski definition) is 1. The molecule has 2 aromatic carbocycles. The minimum Gasteiger partial charge on any atom is -0.388 e. The quantitative estimate of drug-likeness (QED) is 0.744. The highest BCUT2D eigenvalue weighted by Crippen LogP contribution is 2.27. The summed E-state index contributed by atoms with van der Waals surface area (Å²) >= 11 is 11.3. The normalized spacial score (nSPS) is 13.3. The molecule has 156 valence electrons. The second-order valence-corrected chi connectivity index (χ2v) is 7.43. The van der Waals surface area contributed by atoms with Crippen molar-refractivity contribution in [2.45, 2.75) is 12.8 Å². The van der Waals surface area contributed by atoms with Crippen LogP contribution in [0.2, 0.25) is 10.0 Å². The van der Waals surface area contributed by atoms with E-state index in [1.165, 1.54) is 5.56 Å². The highest BCUT2D eigenvalue weighted by molar-refractivity contribution is 7.51. The minimum absolute atomic E-state index is 0.219. The smallest absolute Gasteiger partial charge is 0.335 e. The van der Waals surface area contributed by atoms with Crippen LogP contribution in [0, 0.1) is 0 Å². The van der Waals surface area contributed by atoms with Crippen LogP contribution < -0.4 is 10.2 Å². The van der Waals surface area contributed by atoms with Crippen molar-refractivity contribution >= 4 is 52.1 Å². The summed E-state index contributed by atoms with van der Waals surface area (Å²) in [6, 6.07) is 13.9. The van der Waals surface area contributed by atoms with Gasteiger partial charge in [0.25, 0.3) is 0 Å². The van der Waals surface area contributed by atoms with Gasteiger partial charge < -0.3 is 15.1 Å². The molecule has 9 heteroatoms. The number of piperazine rings is 1. The number of aryl methyl sites for hydroxylation is 1. The number of anilines is 2. The number of nitrogens with zero attached hydrogens (tertiary/aromatic N) is 2. The molecule has 1 aliphatic rings. The molecule has 0 aromatic heterocycles. The molecule has 0 spiro atoms. The van der Waals surface area contributed by atoms with E-state index in [2.05, 4.69) is 22.3 Å². The molecular weight excluding hydrogens is 433 g/mol. The van der Waals surface area contributed by atoms with Crippen LogP contribution in [0.25, 0.3) is 0 Å². The number of halogens is 2. The van der Waals surface area contributed by atoms with E-state index in [-0.39, 0.29) is 5.91 Å². The highest BCUT2D eigenvalue weighted by Gasteiger charge is 2.21. The predicted octanol–water partition coefficient (Wildman–Crippen LogP) is 3.65. The van der Waals surface area contributed by atoms with Crippen LogP contribution in [-0.2, 0) is 22.8 Å². The number of nitrogens with one attached hydrogen (secondary N) is 1. The molecule has 29 heavy (non-hydrogen) atoms. The lowest BCUT2D eigenvalue weighted by Crippen LogP contribution is -2.48. The first-order valence-electron chi connectivity index (χ1n) is 9.14. The van der Waals surface area contributed by atoms with Gasteiger partial charge in [-0.1, -0.05) is 35.3 Å². The number of amides is 1. The van der Waals surface area contributed by atoms with E-state index >= 15 is 0 Å². The largest absolute Gasteiger partial charge is 0.388 e. The van der Waals surface area contributed by atoms with E-state index < -0.39 is 11.6 Å². The van der Waals surface area contributed by atoms with Crippen LogP contribution in [0.3, 0.4) is 0 Å². The van der Waals surface area contributed by atoms with Gasteiger partial charge in [0.15, 0.2) is 0 Å². The van der Waals surface area contributed by atoms with Crippen molar-refractivity contribution in [1.29, 1.82) is 0 Å². The summed E-state index contributed by atoms with van der Waals surface area (Å²) in [6.07, 6.45) is 1.32. The van der Waals surface area contributed by atoms with Gasteiger partial charge in [-0.15, -0.1) is 0 Å². The lowest BCUT2D eigenvalue weighted by Gasteiger charge is -2.36. The van der Waals surface area contributed by atoms with Crippen LogP contribution in [0.4, 0.5) is 11.4 Å². The Morgan fingerprint density at radius 2 is 1.62 bits per heavy atom. The second kappa shape index (κ2) is 11.8. The molecule has 2 aromatic rings. The molecule has 1 fully saturated rings. The molecule has 1 N–H and O–H groups in total. The van der Waals surface area contributed by atoms with Crippen molar-refractivity contribution < 1.29 is 13.2 Å². The molecule has 0 saturated carbocycles. The van der Waals surface area contributed by atoms with Crippen molar-refractivity contribution in [3.8, 4) is 0 Å². The maximum absolute atomic E-state index is 12.5. The summed E-state index contributed by atoms with van der Waals surface area (Å²) in [6.45, 7) is 3.08. The summed E-state index contributed by atoms with van der Waals surface area (Å²) in [5.41, 5.74) is 3.32. The molecule has 0 bridgehead atoms. The molecule has 0 unspecified atom stereocenters. The molecule has 1 amide bonds. The molecule has 0 atom stereocenters. The first-order valence-corrected chi connectivity index (χ1v) is 10.6. The van der Waals surface area contributed by atoms with Gasteiger partial charge in [-0.25, -0.2) is 0 Å². The lowest BCUT2D eigenvalue weighted by atomic mass is 10.1. The standard InChI is InChI=1S/C20H23Cl2N3O.O2S/c1-23-16-5-2-15(3-6-16)4-9-20(26)25-12-10-24(11-13-25)17-7-8-18(21)19(22)14-17;1-3-2/h2-3,5-8,14,23H,4,9-13H2,1H3;. The molecule has 1 heterocycles. The molecular formula is C20H23Cl2N3O3S. The van der Waals surface area contributed by atoms with Crippen LogP contribution in [0.15, 0.2) is 42.5 Å². The highest BCUT2D eigenvalue weighted by atomic mass is 35.5. The van der Waals surface area contributed by atoms with Crippen LogP contribution in [0.5, 0.6) is 0 Å². The number of rotatable bonds is 5. The zero-order chi connectivity index (χ0) is 21.2. The Labute approximate surface area is 184 Å². The fourth-order valence-electron chi connectivity index (χ4n) is 3.14. The Kier molecular flexibility index (Phi) is 9.44. The summed E-state index contributed by atoms with van der Waals surface area (Å²) < 4.78 is 16.6. The number of hydrogen-bond acceptors (Lipinski definition) is 5. The van der Waals surface area contributed by atoms with Crippen molar-refractivity contribution in [3.05, 3.63) is 58.1 Å². The first-order chi connectivity index (χ1) is 14.0. The van der Waals surface area contributed by atoms with Gasteiger partial charge in [-0.05, 0) is 42.3 Å². The van der Waals surface area contributed by atoms with Crippen molar-refractivity contribution in [2.24, 2.45) is 0 Å². The van der Waals surface area contributed by atoms with E-state index in [4.69, 9.17) is 31.6 Å². The van der Waals surface area contributed by atoms with Gasteiger partial charge in [0, 0.05) is 51.0 Å². The Balaban J connectivity index is 0.000000941. The monoisotopic (exact) mass is 455 g/mol. The maximum Gasteiger partial charge on any atom is 0.335 e. The zero-order valence-electron chi connectivity index (χ0n) is 16.1. The van der Waals surface area contributed by atoms with Gasteiger partial charge in [-0.3, -0.25) is 4.79 Å². The van der Waals surface area contributed by atoms with E-state index in [0.29, 0.717) is 16.5 Å². The van der Waals surface area contributed by atoms with Crippen molar-refractivity contribution in [2.75, 3.05) is 43.4 Å². The van der Waals surface area contributed by atoms with Crippen molar-refractivity contribution in [3.63, 3.8) is 0 Å². The SMILES string of the molecule is CNc1ccc(CCC(=O)N2CCN(c3ccc(Cl)c(Cl)c3)CC2)cc1.O=S=O. The number of carbonyl (C=O) groups excluding carboxylic acids is 1. The molecule has 1 saturated heterocycles.